The van der Waals surface area contributed by atoms with Crippen LogP contribution in [0, 0.1) is 3.57 Å². The Morgan fingerprint density at radius 3 is 2.75 bits per heavy atom. The van der Waals surface area contributed by atoms with Gasteiger partial charge >= 0.3 is 0 Å². The molecule has 5 heteroatoms. The molecule has 0 spiro atoms. The van der Waals surface area contributed by atoms with E-state index in [4.69, 9.17) is 22.1 Å². The number of halogens is 2. The van der Waals surface area contributed by atoms with E-state index in [1.165, 1.54) is 0 Å². The van der Waals surface area contributed by atoms with E-state index in [1.807, 2.05) is 36.4 Å². The summed E-state index contributed by atoms with van der Waals surface area (Å²) in [5.41, 5.74) is 8.55. The number of ether oxygens (including phenoxy) is 1. The molecular formula is C15H16ClIN2O. The highest BCUT2D eigenvalue weighted by Gasteiger charge is 2.08. The van der Waals surface area contributed by atoms with E-state index in [2.05, 4.69) is 34.8 Å². The monoisotopic (exact) mass is 402 g/mol. The van der Waals surface area contributed by atoms with Crippen molar-refractivity contribution in [1.82, 2.24) is 0 Å². The standard InChI is InChI=1S/C15H16ClIN2O/c1-2-8-20-14-5-3-4-13(15(14)18)19-12-7-6-10(16)9-11(12)17/h3-7,9,19H,2,8,18H2,1H3. The molecule has 0 aliphatic carbocycles. The lowest BCUT2D eigenvalue weighted by atomic mass is 10.2. The maximum absolute atomic E-state index is 6.14. The molecule has 0 fully saturated rings. The third-order valence-electron chi connectivity index (χ3n) is 2.73. The second-order valence-corrected chi connectivity index (χ2v) is 5.91. The molecule has 0 amide bonds. The van der Waals surface area contributed by atoms with Crippen LogP contribution in [0.5, 0.6) is 5.75 Å². The average Bonchev–Trinajstić information content (AvgIpc) is 2.42. The predicted molar refractivity (Wildman–Crippen MR) is 94.1 cm³/mol. The Bertz CT molecular complexity index is 604. The van der Waals surface area contributed by atoms with Crippen molar-refractivity contribution in [1.29, 1.82) is 0 Å². The van der Waals surface area contributed by atoms with Crippen LogP contribution in [0.25, 0.3) is 0 Å². The predicted octanol–water partition coefficient (Wildman–Crippen LogP) is 5.06. The fourth-order valence-corrected chi connectivity index (χ4v) is 2.73. The van der Waals surface area contributed by atoms with Gasteiger partial charge in [0.05, 0.1) is 23.7 Å². The molecule has 106 valence electrons. The van der Waals surface area contributed by atoms with Gasteiger partial charge in [0.25, 0.3) is 0 Å². The Labute approximate surface area is 137 Å². The maximum atomic E-state index is 6.14. The molecule has 2 aromatic carbocycles. The first kappa shape index (κ1) is 15.3. The first-order valence-corrected chi connectivity index (χ1v) is 7.81. The molecular weight excluding hydrogens is 387 g/mol. The number of rotatable bonds is 5. The van der Waals surface area contributed by atoms with Crippen molar-refractivity contribution >= 4 is 51.3 Å². The molecule has 0 heterocycles. The number of nitrogen functional groups attached to an aromatic ring is 1. The van der Waals surface area contributed by atoms with Crippen molar-refractivity contribution in [2.45, 2.75) is 13.3 Å². The number of nitrogens with two attached hydrogens (primary N) is 1. The van der Waals surface area contributed by atoms with E-state index in [0.717, 1.165) is 21.4 Å². The van der Waals surface area contributed by atoms with E-state index in [0.29, 0.717) is 23.1 Å². The maximum Gasteiger partial charge on any atom is 0.144 e. The molecule has 0 radical (unpaired) electrons. The van der Waals surface area contributed by atoms with Crippen molar-refractivity contribution in [2.75, 3.05) is 17.7 Å². The lowest BCUT2D eigenvalue weighted by Crippen LogP contribution is -2.02. The Hall–Kier alpha value is -1.14. The van der Waals surface area contributed by atoms with E-state index in [1.54, 1.807) is 0 Å². The van der Waals surface area contributed by atoms with Crippen molar-refractivity contribution in [2.24, 2.45) is 0 Å². The second kappa shape index (κ2) is 7.04. The summed E-state index contributed by atoms with van der Waals surface area (Å²) >= 11 is 8.19. The van der Waals surface area contributed by atoms with Crippen LogP contribution >= 0.6 is 34.2 Å². The largest absolute Gasteiger partial charge is 0.491 e. The van der Waals surface area contributed by atoms with Crippen LogP contribution in [0.15, 0.2) is 36.4 Å². The quantitative estimate of drug-likeness (QED) is 0.543. The molecule has 2 aromatic rings. The zero-order chi connectivity index (χ0) is 14.5. The summed E-state index contributed by atoms with van der Waals surface area (Å²) in [6, 6.07) is 11.4. The highest BCUT2D eigenvalue weighted by atomic mass is 127. The van der Waals surface area contributed by atoms with Gasteiger partial charge in [-0.1, -0.05) is 24.6 Å². The first-order chi connectivity index (χ1) is 9.61. The van der Waals surface area contributed by atoms with Gasteiger partial charge in [-0.05, 0) is 59.3 Å². The minimum atomic E-state index is 0.617. The fourth-order valence-electron chi connectivity index (χ4n) is 1.73. The van der Waals surface area contributed by atoms with Gasteiger partial charge in [0.15, 0.2) is 0 Å². The smallest absolute Gasteiger partial charge is 0.144 e. The number of anilines is 3. The van der Waals surface area contributed by atoms with Crippen LogP contribution < -0.4 is 15.8 Å². The topological polar surface area (TPSA) is 47.3 Å². The van der Waals surface area contributed by atoms with E-state index in [9.17, 15) is 0 Å². The third-order valence-corrected chi connectivity index (χ3v) is 3.86. The van der Waals surface area contributed by atoms with Crippen LogP contribution in [0.3, 0.4) is 0 Å². The molecule has 0 saturated carbocycles. The summed E-state index contributed by atoms with van der Waals surface area (Å²) in [6.45, 7) is 2.72. The zero-order valence-corrected chi connectivity index (χ0v) is 14.0. The van der Waals surface area contributed by atoms with Gasteiger partial charge < -0.3 is 15.8 Å². The molecule has 2 rings (SSSR count). The van der Waals surface area contributed by atoms with Crippen LogP contribution in [0.4, 0.5) is 17.1 Å². The summed E-state index contributed by atoms with van der Waals surface area (Å²) in [6.07, 6.45) is 0.951. The van der Waals surface area contributed by atoms with Crippen molar-refractivity contribution < 1.29 is 4.74 Å². The molecule has 3 N–H and O–H groups in total. The van der Waals surface area contributed by atoms with Crippen molar-refractivity contribution in [3.8, 4) is 5.75 Å². The van der Waals surface area contributed by atoms with Crippen molar-refractivity contribution in [3.05, 3.63) is 45.0 Å². The zero-order valence-electron chi connectivity index (χ0n) is 11.1. The molecule has 0 bridgehead atoms. The van der Waals surface area contributed by atoms with Crippen LogP contribution in [-0.4, -0.2) is 6.61 Å². The minimum absolute atomic E-state index is 0.617. The Morgan fingerprint density at radius 2 is 2.05 bits per heavy atom. The summed E-state index contributed by atoms with van der Waals surface area (Å²) in [4.78, 5) is 0. The van der Waals surface area contributed by atoms with Gasteiger partial charge in [0, 0.05) is 8.59 Å². The summed E-state index contributed by atoms with van der Waals surface area (Å²) in [5.74, 6) is 0.709. The summed E-state index contributed by atoms with van der Waals surface area (Å²) in [7, 11) is 0. The number of hydrogen-bond acceptors (Lipinski definition) is 3. The summed E-state index contributed by atoms with van der Waals surface area (Å²) < 4.78 is 6.66. The number of para-hydroxylation sites is 1. The highest BCUT2D eigenvalue weighted by Crippen LogP contribution is 2.33. The lowest BCUT2D eigenvalue weighted by Gasteiger charge is -2.14. The lowest BCUT2D eigenvalue weighted by molar-refractivity contribution is 0.319. The normalized spacial score (nSPS) is 10.3. The first-order valence-electron chi connectivity index (χ1n) is 6.35. The molecule has 0 aliphatic rings. The molecule has 0 aliphatic heterocycles. The van der Waals surface area contributed by atoms with Gasteiger partial charge in [0.1, 0.15) is 5.75 Å². The molecule has 0 saturated heterocycles. The SMILES string of the molecule is CCCOc1cccc(Nc2ccc(Cl)cc2I)c1N. The molecule has 3 nitrogen and oxygen atoms in total. The Balaban J connectivity index is 2.24. The van der Waals surface area contributed by atoms with Crippen molar-refractivity contribution in [3.63, 3.8) is 0 Å². The molecule has 0 unspecified atom stereocenters. The van der Waals surface area contributed by atoms with Crippen LogP contribution in [-0.2, 0) is 0 Å². The van der Waals surface area contributed by atoms with Gasteiger partial charge in [-0.3, -0.25) is 0 Å². The summed E-state index contributed by atoms with van der Waals surface area (Å²) in [5, 5.41) is 4.03. The molecule has 0 atom stereocenters. The minimum Gasteiger partial charge on any atom is -0.491 e. The molecule has 20 heavy (non-hydrogen) atoms. The molecule has 0 aromatic heterocycles. The highest BCUT2D eigenvalue weighted by molar-refractivity contribution is 14.1. The van der Waals surface area contributed by atoms with Gasteiger partial charge in [-0.15, -0.1) is 0 Å². The fraction of sp³-hybridized carbons (Fsp3) is 0.200. The number of benzene rings is 2. The Kier molecular flexibility index (Phi) is 5.37. The van der Waals surface area contributed by atoms with Gasteiger partial charge in [-0.2, -0.15) is 0 Å². The Morgan fingerprint density at radius 1 is 1.25 bits per heavy atom. The number of nitrogens with one attached hydrogen (secondary N) is 1. The van der Waals surface area contributed by atoms with Crippen LogP contribution in [0.1, 0.15) is 13.3 Å². The van der Waals surface area contributed by atoms with E-state index in [-0.39, 0.29) is 0 Å². The number of hydrogen-bond donors (Lipinski definition) is 2. The van der Waals surface area contributed by atoms with E-state index >= 15 is 0 Å². The van der Waals surface area contributed by atoms with Gasteiger partial charge in [-0.25, -0.2) is 0 Å². The third kappa shape index (κ3) is 3.70. The van der Waals surface area contributed by atoms with E-state index < -0.39 is 0 Å². The average molecular weight is 403 g/mol. The van der Waals surface area contributed by atoms with Gasteiger partial charge in [0.2, 0.25) is 0 Å². The van der Waals surface area contributed by atoms with Crippen LogP contribution in [0.2, 0.25) is 5.02 Å². The second-order valence-electron chi connectivity index (χ2n) is 4.32.